The number of hydrogen-bond donors (Lipinski definition) is 1. The molecule has 0 saturated carbocycles. The molecule has 0 aromatic carbocycles. The third-order valence-corrected chi connectivity index (χ3v) is 3.40. The molecule has 1 aromatic rings. The van der Waals surface area contributed by atoms with Crippen molar-refractivity contribution in [2.24, 2.45) is 0 Å². The Morgan fingerprint density at radius 2 is 2.21 bits per heavy atom. The topological polar surface area (TPSA) is 29.1 Å². The van der Waals surface area contributed by atoms with Gasteiger partial charge in [-0.2, -0.15) is 0 Å². The summed E-state index contributed by atoms with van der Waals surface area (Å²) in [5, 5.41) is 5.04. The summed E-state index contributed by atoms with van der Waals surface area (Å²) in [6.45, 7) is 6.90. The molecule has 1 rings (SSSR count). The first kappa shape index (κ1) is 11.2. The summed E-state index contributed by atoms with van der Waals surface area (Å²) in [6.07, 6.45) is 1.54. The molecule has 0 radical (unpaired) electrons. The highest BCUT2D eigenvalue weighted by molar-refractivity contribution is 7.10. The number of amides is 1. The fourth-order valence-electron chi connectivity index (χ4n) is 1.25. The van der Waals surface area contributed by atoms with E-state index < -0.39 is 0 Å². The quantitative estimate of drug-likeness (QED) is 0.815. The van der Waals surface area contributed by atoms with Crippen molar-refractivity contribution in [3.8, 4) is 0 Å². The smallest absolute Gasteiger partial charge is 0.220 e. The molecule has 14 heavy (non-hydrogen) atoms. The van der Waals surface area contributed by atoms with Gasteiger partial charge in [-0.1, -0.05) is 6.92 Å². The summed E-state index contributed by atoms with van der Waals surface area (Å²) in [6, 6.07) is 0. The molecule has 3 heteroatoms. The number of hydrogen-bond acceptors (Lipinski definition) is 2. The molecule has 0 unspecified atom stereocenters. The lowest BCUT2D eigenvalue weighted by Crippen LogP contribution is -2.22. The van der Waals surface area contributed by atoms with Gasteiger partial charge in [-0.3, -0.25) is 4.79 Å². The third kappa shape index (κ3) is 2.84. The predicted octanol–water partition coefficient (Wildman–Crippen LogP) is 2.78. The zero-order chi connectivity index (χ0) is 10.6. The Morgan fingerprint density at radius 3 is 2.71 bits per heavy atom. The minimum absolute atomic E-state index is 0.149. The van der Waals surface area contributed by atoms with Crippen molar-refractivity contribution in [1.82, 2.24) is 5.32 Å². The van der Waals surface area contributed by atoms with Crippen molar-refractivity contribution >= 4 is 17.2 Å². The van der Waals surface area contributed by atoms with Crippen molar-refractivity contribution in [3.63, 3.8) is 0 Å². The van der Waals surface area contributed by atoms with E-state index in [1.807, 2.05) is 6.92 Å². The van der Waals surface area contributed by atoms with Crippen LogP contribution < -0.4 is 5.32 Å². The van der Waals surface area contributed by atoms with E-state index in [1.54, 1.807) is 11.3 Å². The minimum Gasteiger partial charge on any atom is -0.352 e. The fraction of sp³-hybridized carbons (Fsp3) is 0.545. The molecule has 0 atom stereocenters. The van der Waals surface area contributed by atoms with Gasteiger partial charge in [-0.15, -0.1) is 11.3 Å². The molecular formula is C11H17NOS. The molecule has 1 aromatic heterocycles. The molecule has 1 heterocycles. The number of nitrogens with one attached hydrogen (secondary N) is 1. The number of carbonyl (C=O) groups is 1. The molecule has 0 bridgehead atoms. The Morgan fingerprint density at radius 1 is 1.50 bits per heavy atom. The highest BCUT2D eigenvalue weighted by Crippen LogP contribution is 2.20. The van der Waals surface area contributed by atoms with E-state index in [-0.39, 0.29) is 5.91 Å². The van der Waals surface area contributed by atoms with Crippen LogP contribution in [0.1, 0.15) is 35.8 Å². The maximum absolute atomic E-state index is 11.2. The summed E-state index contributed by atoms with van der Waals surface area (Å²) in [5.41, 5.74) is 2.56. The molecule has 0 aliphatic heterocycles. The van der Waals surface area contributed by atoms with Gasteiger partial charge in [0.1, 0.15) is 0 Å². The van der Waals surface area contributed by atoms with Gasteiger partial charge < -0.3 is 5.32 Å². The summed E-state index contributed by atoms with van der Waals surface area (Å²) < 4.78 is 0. The van der Waals surface area contributed by atoms with Crippen LogP contribution in [0.3, 0.4) is 0 Å². The number of rotatable bonds is 4. The molecule has 1 N–H and O–H groups in total. The first-order valence-electron chi connectivity index (χ1n) is 4.95. The Bertz CT molecular complexity index is 317. The van der Waals surface area contributed by atoms with Gasteiger partial charge in [0.2, 0.25) is 5.91 Å². The molecule has 0 aliphatic rings. The second kappa shape index (κ2) is 5.15. The van der Waals surface area contributed by atoms with Crippen LogP contribution in [0.15, 0.2) is 5.38 Å². The Kier molecular flexibility index (Phi) is 4.14. The van der Waals surface area contributed by atoms with Gasteiger partial charge in [0.15, 0.2) is 0 Å². The maximum atomic E-state index is 11.2. The van der Waals surface area contributed by atoms with E-state index in [4.69, 9.17) is 0 Å². The standard InChI is InChI=1S/C11H17NOS/c1-4-5-11(13)12-6-10-7-14-9(3)8(10)2/h7H,4-6H2,1-3H3,(H,12,13). The highest BCUT2D eigenvalue weighted by atomic mass is 32.1. The highest BCUT2D eigenvalue weighted by Gasteiger charge is 2.05. The van der Waals surface area contributed by atoms with Crippen LogP contribution in [-0.2, 0) is 11.3 Å². The van der Waals surface area contributed by atoms with E-state index in [9.17, 15) is 4.79 Å². The average molecular weight is 211 g/mol. The molecule has 0 aliphatic carbocycles. The molecule has 1 amide bonds. The van der Waals surface area contributed by atoms with Crippen LogP contribution in [-0.4, -0.2) is 5.91 Å². The van der Waals surface area contributed by atoms with Gasteiger partial charge in [-0.25, -0.2) is 0 Å². The summed E-state index contributed by atoms with van der Waals surface area (Å²) in [4.78, 5) is 12.6. The van der Waals surface area contributed by atoms with Gasteiger partial charge in [-0.05, 0) is 36.8 Å². The van der Waals surface area contributed by atoms with E-state index >= 15 is 0 Å². The van der Waals surface area contributed by atoms with Gasteiger partial charge in [0.25, 0.3) is 0 Å². The largest absolute Gasteiger partial charge is 0.352 e. The number of aryl methyl sites for hydroxylation is 1. The zero-order valence-corrected chi connectivity index (χ0v) is 9.83. The van der Waals surface area contributed by atoms with Crippen LogP contribution in [0, 0.1) is 13.8 Å². The van der Waals surface area contributed by atoms with E-state index in [2.05, 4.69) is 24.5 Å². The van der Waals surface area contributed by atoms with Crippen molar-refractivity contribution in [1.29, 1.82) is 0 Å². The van der Waals surface area contributed by atoms with E-state index in [0.717, 1.165) is 6.42 Å². The lowest BCUT2D eigenvalue weighted by atomic mass is 10.2. The van der Waals surface area contributed by atoms with Crippen LogP contribution in [0.4, 0.5) is 0 Å². The van der Waals surface area contributed by atoms with Crippen LogP contribution >= 0.6 is 11.3 Å². The summed E-state index contributed by atoms with van der Waals surface area (Å²) in [5.74, 6) is 0.149. The SMILES string of the molecule is CCCC(=O)NCc1csc(C)c1C. The molecule has 0 spiro atoms. The van der Waals surface area contributed by atoms with Crippen LogP contribution in [0.2, 0.25) is 0 Å². The van der Waals surface area contributed by atoms with Crippen LogP contribution in [0.25, 0.3) is 0 Å². The van der Waals surface area contributed by atoms with Gasteiger partial charge in [0.05, 0.1) is 0 Å². The lowest BCUT2D eigenvalue weighted by molar-refractivity contribution is -0.121. The van der Waals surface area contributed by atoms with Gasteiger partial charge >= 0.3 is 0 Å². The monoisotopic (exact) mass is 211 g/mol. The fourth-order valence-corrected chi connectivity index (χ4v) is 2.13. The average Bonchev–Trinajstić information content (AvgIpc) is 2.46. The maximum Gasteiger partial charge on any atom is 0.220 e. The first-order chi connectivity index (χ1) is 6.65. The molecule has 2 nitrogen and oxygen atoms in total. The summed E-state index contributed by atoms with van der Waals surface area (Å²) in [7, 11) is 0. The zero-order valence-electron chi connectivity index (χ0n) is 9.02. The molecule has 0 fully saturated rings. The van der Waals surface area contributed by atoms with Crippen molar-refractivity contribution in [2.45, 2.75) is 40.2 Å². The molecule has 78 valence electrons. The third-order valence-electron chi connectivity index (χ3n) is 2.34. The van der Waals surface area contributed by atoms with Crippen molar-refractivity contribution in [3.05, 3.63) is 21.4 Å². The first-order valence-corrected chi connectivity index (χ1v) is 5.83. The van der Waals surface area contributed by atoms with Crippen molar-refractivity contribution in [2.75, 3.05) is 0 Å². The molecule has 0 saturated heterocycles. The molecular weight excluding hydrogens is 194 g/mol. The normalized spacial score (nSPS) is 10.2. The Hall–Kier alpha value is -0.830. The Balaban J connectivity index is 2.46. The lowest BCUT2D eigenvalue weighted by Gasteiger charge is -2.03. The van der Waals surface area contributed by atoms with E-state index in [0.29, 0.717) is 13.0 Å². The minimum atomic E-state index is 0.149. The van der Waals surface area contributed by atoms with Gasteiger partial charge in [0, 0.05) is 17.8 Å². The second-order valence-corrected chi connectivity index (χ2v) is 4.55. The predicted molar refractivity (Wildman–Crippen MR) is 60.5 cm³/mol. The Labute approximate surface area is 89.3 Å². The number of carbonyl (C=O) groups excluding carboxylic acids is 1. The van der Waals surface area contributed by atoms with Crippen LogP contribution in [0.5, 0.6) is 0 Å². The van der Waals surface area contributed by atoms with E-state index in [1.165, 1.54) is 16.0 Å². The number of thiophene rings is 1. The van der Waals surface area contributed by atoms with Crippen molar-refractivity contribution < 1.29 is 4.79 Å². The summed E-state index contributed by atoms with van der Waals surface area (Å²) >= 11 is 1.74. The second-order valence-electron chi connectivity index (χ2n) is 3.47.